The molecule has 0 bridgehead atoms. The van der Waals surface area contributed by atoms with E-state index in [-0.39, 0.29) is 0 Å². The van der Waals surface area contributed by atoms with Crippen LogP contribution in [0.2, 0.25) is 0 Å². The van der Waals surface area contributed by atoms with E-state index in [1.165, 1.54) is 40.4 Å². The quantitative estimate of drug-likeness (QED) is 0.316. The van der Waals surface area contributed by atoms with Gasteiger partial charge in [-0.3, -0.25) is 19.9 Å². The first-order valence-corrected chi connectivity index (χ1v) is 11.7. The van der Waals surface area contributed by atoms with Gasteiger partial charge in [0.25, 0.3) is 0 Å². The first-order chi connectivity index (χ1) is 15.9. The van der Waals surface area contributed by atoms with Gasteiger partial charge in [-0.2, -0.15) is 0 Å². The van der Waals surface area contributed by atoms with Crippen LogP contribution in [0.15, 0.2) is 98.1 Å². The number of halogens is 1. The summed E-state index contributed by atoms with van der Waals surface area (Å²) < 4.78 is 0. The molecule has 32 heavy (non-hydrogen) atoms. The van der Waals surface area contributed by atoms with E-state index in [0.29, 0.717) is 0 Å². The summed E-state index contributed by atoms with van der Waals surface area (Å²) >= 11 is 1.19. The molecule has 4 aromatic rings. The second kappa shape index (κ2) is 23.8. The fraction of sp³-hybridized carbons (Fsp3) is 0. The second-order valence-electron chi connectivity index (χ2n) is 4.94. The summed E-state index contributed by atoms with van der Waals surface area (Å²) in [4.78, 5) is 38.3. The molecule has 0 N–H and O–H groups in total. The summed E-state index contributed by atoms with van der Waals surface area (Å²) in [6, 6.07) is 15.9. The zero-order valence-electron chi connectivity index (χ0n) is 16.5. The minimum Gasteiger partial charge on any atom is -0.265 e. The number of rotatable bonds is 2. The van der Waals surface area contributed by atoms with Gasteiger partial charge in [-0.05, 0) is 70.8 Å². The predicted molar refractivity (Wildman–Crippen MR) is 118 cm³/mol. The minimum atomic E-state index is 1.17. The molecule has 0 amide bonds. The van der Waals surface area contributed by atoms with Crippen molar-refractivity contribution >= 4 is 29.9 Å². The number of hydrogen-bond donors (Lipinski definition) is 0. The molecule has 4 heterocycles. The van der Waals surface area contributed by atoms with E-state index in [0.717, 1.165) is 0 Å². The molecule has 4 aromatic heterocycles. The third-order valence-electron chi connectivity index (χ3n) is 3.39. The van der Waals surface area contributed by atoms with Gasteiger partial charge in [0.2, 0.25) is 0 Å². The van der Waals surface area contributed by atoms with Gasteiger partial charge in [0.15, 0.2) is 0 Å². The molecule has 7 nitrogen and oxygen atoms in total. The Balaban J connectivity index is 0. The van der Waals surface area contributed by atoms with Crippen LogP contribution in [-0.4, -0.2) is 40.3 Å². The van der Waals surface area contributed by atoms with Crippen LogP contribution in [0.25, 0.3) is 22.3 Å². The van der Waals surface area contributed by atoms with E-state index in [1.807, 2.05) is 48.5 Å². The molecule has 0 unspecified atom stereocenters. The summed E-state index contributed by atoms with van der Waals surface area (Å²) in [5.74, 6) is 0. The monoisotopic (exact) mass is 618 g/mol. The maximum Gasteiger partial charge on any atom is 0.0273 e. The van der Waals surface area contributed by atoms with Crippen molar-refractivity contribution < 1.29 is 32.6 Å². The van der Waals surface area contributed by atoms with Crippen molar-refractivity contribution in [3.8, 4) is 22.3 Å². The largest absolute Gasteiger partial charge is 0.265 e. The molecule has 0 aliphatic heterocycles. The molecule has 0 saturated carbocycles. The normalized spacial score (nSPS) is 7.81. The topological polar surface area (TPSA) is 103 Å². The molecule has 0 aromatic carbocycles. The van der Waals surface area contributed by atoms with E-state index >= 15 is 0 Å². The van der Waals surface area contributed by atoms with E-state index in [1.54, 1.807) is 49.6 Å². The Morgan fingerprint density at radius 2 is 0.531 bits per heavy atom. The predicted octanol–water partition coefficient (Wildman–Crippen LogP) is 3.78. The van der Waals surface area contributed by atoms with Gasteiger partial charge in [-0.1, -0.05) is 0 Å². The first kappa shape index (κ1) is 30.8. The van der Waals surface area contributed by atoms with Gasteiger partial charge >= 0.3 is 27.7 Å². The molecule has 0 atom stereocenters. The van der Waals surface area contributed by atoms with Crippen LogP contribution in [0, 0.1) is 0 Å². The molecule has 9 heteroatoms. The summed E-state index contributed by atoms with van der Waals surface area (Å²) in [7, 11) is 4.69. The molecule has 0 aliphatic carbocycles. The maximum atomic E-state index is 7.50. The number of pyridine rings is 4. The van der Waals surface area contributed by atoms with E-state index in [4.69, 9.17) is 23.9 Å². The average Bonchev–Trinajstić information content (AvgIpc) is 2.95. The van der Waals surface area contributed by atoms with Crippen molar-refractivity contribution in [1.82, 2.24) is 19.9 Å². The van der Waals surface area contributed by atoms with Gasteiger partial charge in [-0.15, -0.1) is 0 Å². The fourth-order valence-electron chi connectivity index (χ4n) is 2.18. The zero-order valence-corrected chi connectivity index (χ0v) is 20.0. The fourth-order valence-corrected chi connectivity index (χ4v) is 2.18. The molecule has 0 saturated heterocycles. The van der Waals surface area contributed by atoms with Gasteiger partial charge in [0.1, 0.15) is 0 Å². The van der Waals surface area contributed by atoms with Crippen molar-refractivity contribution in [3.05, 3.63) is 98.1 Å². The zero-order chi connectivity index (χ0) is 24.5. The molecular weight excluding hydrogens is 602 g/mol. The SMILES string of the molecule is [C-]=O.[C-]=O.[C-]=O.[Cl][Re].c1cc(-c2ccncc2)ccn1.c1cc(-c2ccncc2)ccn1. The third-order valence-corrected chi connectivity index (χ3v) is 3.39. The van der Waals surface area contributed by atoms with Crippen molar-refractivity contribution in [3.63, 3.8) is 0 Å². The molecular formula is C23H16ClN4O3Re-3. The molecule has 3 radical (unpaired) electrons. The number of hydrogen-bond acceptors (Lipinski definition) is 7. The van der Waals surface area contributed by atoms with Crippen molar-refractivity contribution in [2.75, 3.05) is 0 Å². The Hall–Kier alpha value is -3.44. The van der Waals surface area contributed by atoms with Gasteiger partial charge in [0.05, 0.1) is 0 Å². The third kappa shape index (κ3) is 13.0. The summed E-state index contributed by atoms with van der Waals surface area (Å²) in [6.45, 7) is 13.5. The Morgan fingerprint density at radius 1 is 0.406 bits per heavy atom. The maximum absolute atomic E-state index is 7.50. The van der Waals surface area contributed by atoms with Gasteiger partial charge in [-0.25, -0.2) is 0 Å². The standard InChI is InChI=1S/2C10H8N2.3CO.ClH.Re/c2*1-5-11-6-2-9(1)10-3-7-12-8-4-10;3*1-2;;/h2*1-8H;;;;1H;/q;;3*-1;;+1/p-1. The number of aromatic nitrogens is 4. The molecule has 163 valence electrons. The van der Waals surface area contributed by atoms with Crippen LogP contribution in [0.5, 0.6) is 0 Å². The van der Waals surface area contributed by atoms with Crippen LogP contribution in [-0.2, 0) is 32.6 Å². The first-order valence-electron chi connectivity index (χ1n) is 8.30. The smallest absolute Gasteiger partial charge is 0.0273 e. The summed E-state index contributed by atoms with van der Waals surface area (Å²) in [5, 5.41) is 0. The van der Waals surface area contributed by atoms with Gasteiger partial charge < -0.3 is 34.8 Å². The molecule has 0 aliphatic rings. The van der Waals surface area contributed by atoms with Crippen molar-refractivity contribution in [1.29, 1.82) is 0 Å². The summed E-state index contributed by atoms with van der Waals surface area (Å²) in [6.07, 6.45) is 14.3. The van der Waals surface area contributed by atoms with Crippen LogP contribution < -0.4 is 0 Å². The van der Waals surface area contributed by atoms with E-state index < -0.39 is 0 Å². The Bertz CT molecular complexity index is 755. The van der Waals surface area contributed by atoms with Gasteiger partial charge in [0, 0.05) is 49.6 Å². The number of carbonyl (C=O) groups excluding carboxylic acids is 3. The molecule has 4 rings (SSSR count). The number of nitrogens with zero attached hydrogens (tertiary/aromatic N) is 4. The van der Waals surface area contributed by atoms with Crippen LogP contribution in [0.4, 0.5) is 0 Å². The Labute approximate surface area is 202 Å². The molecule has 0 spiro atoms. The molecule has 0 fully saturated rings. The minimum absolute atomic E-state index is 1.17. The Kier molecular flexibility index (Phi) is 22.9. The van der Waals surface area contributed by atoms with Crippen molar-refractivity contribution in [2.24, 2.45) is 0 Å². The average molecular weight is 618 g/mol. The van der Waals surface area contributed by atoms with E-state index in [9.17, 15) is 0 Å². The Morgan fingerprint density at radius 3 is 0.656 bits per heavy atom. The van der Waals surface area contributed by atoms with E-state index in [2.05, 4.69) is 40.3 Å². The van der Waals surface area contributed by atoms with Crippen LogP contribution >= 0.6 is 9.53 Å². The summed E-state index contributed by atoms with van der Waals surface area (Å²) in [5.41, 5.74) is 4.69. The van der Waals surface area contributed by atoms with Crippen LogP contribution in [0.3, 0.4) is 0 Å². The second-order valence-corrected chi connectivity index (χ2v) is 4.94. The van der Waals surface area contributed by atoms with Crippen molar-refractivity contribution in [2.45, 2.75) is 0 Å². The van der Waals surface area contributed by atoms with Crippen LogP contribution in [0.1, 0.15) is 0 Å².